The van der Waals surface area contributed by atoms with Crippen LogP contribution in [-0.2, 0) is 30.7 Å². The number of fused-ring (bicyclic) bond motifs is 2. The van der Waals surface area contributed by atoms with E-state index >= 15 is 4.39 Å². The Balaban J connectivity index is 1.22. The van der Waals surface area contributed by atoms with Crippen LogP contribution in [0.4, 0.5) is 20.8 Å². The number of likely N-dealkylation sites (tertiary alicyclic amines) is 1. The van der Waals surface area contributed by atoms with Crippen molar-refractivity contribution in [3.05, 3.63) is 70.6 Å². The minimum atomic E-state index is -4.41. The molecule has 1 aromatic heterocycles. The van der Waals surface area contributed by atoms with Crippen molar-refractivity contribution in [1.82, 2.24) is 14.9 Å². The van der Waals surface area contributed by atoms with E-state index in [0.29, 0.717) is 60.3 Å². The largest absolute Gasteiger partial charge is 0.487 e. The van der Waals surface area contributed by atoms with Gasteiger partial charge in [-0.1, -0.05) is 30.7 Å². The Morgan fingerprint density at radius 3 is 2.57 bits per heavy atom. The minimum Gasteiger partial charge on any atom is -0.487 e. The molecule has 1 amide bonds. The Hall–Kier alpha value is -4.69. The first-order valence-corrected chi connectivity index (χ1v) is 18.5. The van der Waals surface area contributed by atoms with Crippen molar-refractivity contribution in [2.24, 2.45) is 0 Å². The SMILES string of the molecule is CCc1cc(-c2cccc(NS(=O)(=O)c3cc(Cl)cc4c3OC[C@H]4OC(C)=O)c2F)cc2cnc(NC3CCN(C(=O)OC(C)(C)C)CC3)nc12. The molecular formula is C36H39ClFN5O7S. The third-order valence-corrected chi connectivity index (χ3v) is 10.1. The van der Waals surface area contributed by atoms with Gasteiger partial charge in [-0.3, -0.25) is 9.52 Å². The molecule has 4 aromatic rings. The van der Waals surface area contributed by atoms with Gasteiger partial charge < -0.3 is 24.4 Å². The lowest BCUT2D eigenvalue weighted by Crippen LogP contribution is -2.44. The molecule has 0 aliphatic carbocycles. The molecule has 6 rings (SSSR count). The number of carbonyl (C=O) groups excluding carboxylic acids is 2. The van der Waals surface area contributed by atoms with Crippen LogP contribution in [0.2, 0.25) is 5.02 Å². The number of aromatic nitrogens is 2. The average Bonchev–Trinajstić information content (AvgIpc) is 3.45. The fraction of sp³-hybridized carbons (Fsp3) is 0.389. The molecule has 12 nitrogen and oxygen atoms in total. The van der Waals surface area contributed by atoms with E-state index in [-0.39, 0.29) is 45.7 Å². The van der Waals surface area contributed by atoms with Gasteiger partial charge in [0, 0.05) is 53.8 Å². The maximum atomic E-state index is 16.2. The van der Waals surface area contributed by atoms with Crippen LogP contribution in [0.25, 0.3) is 22.0 Å². The molecule has 0 saturated carbocycles. The molecule has 2 aliphatic heterocycles. The minimum absolute atomic E-state index is 0.0167. The smallest absolute Gasteiger partial charge is 0.410 e. The molecule has 1 fully saturated rings. The number of hydrogen-bond donors (Lipinski definition) is 2. The highest BCUT2D eigenvalue weighted by Gasteiger charge is 2.34. The summed E-state index contributed by atoms with van der Waals surface area (Å²) < 4.78 is 62.1. The van der Waals surface area contributed by atoms with Crippen molar-refractivity contribution >= 4 is 56.2 Å². The van der Waals surface area contributed by atoms with Crippen LogP contribution in [0.3, 0.4) is 0 Å². The summed E-state index contributed by atoms with van der Waals surface area (Å²) >= 11 is 6.25. The number of rotatable bonds is 8. The summed E-state index contributed by atoms with van der Waals surface area (Å²) in [6, 6.07) is 10.8. The average molecular weight is 740 g/mol. The molecule has 0 unspecified atom stereocenters. The Kier molecular flexibility index (Phi) is 10.0. The lowest BCUT2D eigenvalue weighted by Gasteiger charge is -2.33. The zero-order valence-electron chi connectivity index (χ0n) is 28.9. The maximum absolute atomic E-state index is 16.2. The highest BCUT2D eigenvalue weighted by molar-refractivity contribution is 7.92. The molecule has 2 aliphatic rings. The van der Waals surface area contributed by atoms with Gasteiger partial charge in [-0.25, -0.2) is 27.6 Å². The summed E-state index contributed by atoms with van der Waals surface area (Å²) in [4.78, 5) is 34.7. The number of hydrogen-bond acceptors (Lipinski definition) is 10. The van der Waals surface area contributed by atoms with E-state index in [4.69, 9.17) is 30.8 Å². The number of esters is 1. The molecule has 1 saturated heterocycles. The zero-order chi connectivity index (χ0) is 36.7. The van der Waals surface area contributed by atoms with Crippen LogP contribution >= 0.6 is 11.6 Å². The van der Waals surface area contributed by atoms with Crippen LogP contribution in [-0.4, -0.2) is 66.7 Å². The fourth-order valence-electron chi connectivity index (χ4n) is 6.19. The fourth-order valence-corrected chi connectivity index (χ4v) is 7.74. The number of anilines is 2. The molecule has 0 spiro atoms. The Morgan fingerprint density at radius 1 is 1.14 bits per heavy atom. The van der Waals surface area contributed by atoms with E-state index in [1.165, 1.54) is 25.1 Å². The predicted octanol–water partition coefficient (Wildman–Crippen LogP) is 7.26. The number of nitrogens with one attached hydrogen (secondary N) is 2. The normalized spacial score (nSPS) is 16.4. The molecule has 15 heteroatoms. The van der Waals surface area contributed by atoms with Crippen molar-refractivity contribution in [3.8, 4) is 16.9 Å². The third kappa shape index (κ3) is 7.96. The van der Waals surface area contributed by atoms with Crippen molar-refractivity contribution in [2.45, 2.75) is 76.5 Å². The predicted molar refractivity (Wildman–Crippen MR) is 191 cm³/mol. The van der Waals surface area contributed by atoms with Crippen LogP contribution < -0.4 is 14.8 Å². The molecule has 1 atom stereocenters. The van der Waals surface area contributed by atoms with Gasteiger partial charge in [0.15, 0.2) is 11.9 Å². The topological polar surface area (TPSA) is 149 Å². The quantitative estimate of drug-likeness (QED) is 0.177. The molecule has 3 heterocycles. The Morgan fingerprint density at radius 2 is 1.88 bits per heavy atom. The molecule has 270 valence electrons. The van der Waals surface area contributed by atoms with Gasteiger partial charge in [0.1, 0.15) is 22.9 Å². The van der Waals surface area contributed by atoms with Gasteiger partial charge in [-0.2, -0.15) is 0 Å². The monoisotopic (exact) mass is 739 g/mol. The number of nitrogens with zero attached hydrogens (tertiary/aromatic N) is 3. The first-order valence-electron chi connectivity index (χ1n) is 16.6. The summed E-state index contributed by atoms with van der Waals surface area (Å²) in [5.41, 5.74) is 1.74. The van der Waals surface area contributed by atoms with E-state index in [9.17, 15) is 18.0 Å². The van der Waals surface area contributed by atoms with Crippen molar-refractivity contribution in [2.75, 3.05) is 29.7 Å². The molecule has 2 N–H and O–H groups in total. The summed E-state index contributed by atoms with van der Waals surface area (Å²) in [6.45, 7) is 9.76. The number of piperidine rings is 1. The second kappa shape index (κ2) is 14.1. The Bertz CT molecular complexity index is 2120. The standard InChI is InChI=1S/C36H39ClFN5O7S/c1-6-21-14-22(15-23-18-39-34(41-32(21)23)40-25-10-12-43(13-11-25)35(45)50-36(3,4)5)26-8-7-9-28(31(26)38)42-51(46,47)30-17-24(37)16-27-29(49-20(2)44)19-48-33(27)30/h7-9,14-18,25,29,42H,6,10-13,19H2,1-5H3,(H,39,40,41)/t29-/m1/s1. The van der Waals surface area contributed by atoms with Gasteiger partial charge in [0.05, 0.1) is 11.2 Å². The molecule has 51 heavy (non-hydrogen) atoms. The zero-order valence-corrected chi connectivity index (χ0v) is 30.5. The number of ether oxygens (including phenoxy) is 3. The van der Waals surface area contributed by atoms with Crippen molar-refractivity contribution in [3.63, 3.8) is 0 Å². The van der Waals surface area contributed by atoms with E-state index in [2.05, 4.69) is 15.0 Å². The van der Waals surface area contributed by atoms with E-state index < -0.39 is 33.5 Å². The van der Waals surface area contributed by atoms with E-state index in [1.807, 2.05) is 33.8 Å². The van der Waals surface area contributed by atoms with Crippen LogP contribution in [0.15, 0.2) is 53.6 Å². The van der Waals surface area contributed by atoms with Gasteiger partial charge in [-0.15, -0.1) is 0 Å². The molecule has 0 bridgehead atoms. The lowest BCUT2D eigenvalue weighted by atomic mass is 9.98. The van der Waals surface area contributed by atoms with Gasteiger partial charge in [0.2, 0.25) is 5.95 Å². The van der Waals surface area contributed by atoms with Crippen molar-refractivity contribution in [1.29, 1.82) is 0 Å². The second-order valence-electron chi connectivity index (χ2n) is 13.5. The number of halogens is 2. The first-order chi connectivity index (χ1) is 24.1. The van der Waals surface area contributed by atoms with Gasteiger partial charge in [0.25, 0.3) is 10.0 Å². The third-order valence-electron chi connectivity index (χ3n) is 8.55. The van der Waals surface area contributed by atoms with E-state index in [0.717, 1.165) is 5.56 Å². The first kappa shape index (κ1) is 36.1. The molecular weight excluding hydrogens is 701 g/mol. The number of benzene rings is 3. The summed E-state index contributed by atoms with van der Waals surface area (Å²) in [5, 5.41) is 4.17. The summed E-state index contributed by atoms with van der Waals surface area (Å²) in [5.74, 6) is -0.900. The second-order valence-corrected chi connectivity index (χ2v) is 15.6. The number of aryl methyl sites for hydroxylation is 1. The Labute approximate surface area is 300 Å². The van der Waals surface area contributed by atoms with Gasteiger partial charge in [-0.05, 0) is 81.5 Å². The van der Waals surface area contributed by atoms with Crippen LogP contribution in [0, 0.1) is 5.82 Å². The summed E-state index contributed by atoms with van der Waals surface area (Å²) in [6.07, 6.45) is 2.54. The molecule has 0 radical (unpaired) electrons. The van der Waals surface area contributed by atoms with Gasteiger partial charge >= 0.3 is 12.1 Å². The maximum Gasteiger partial charge on any atom is 0.410 e. The number of sulfonamides is 1. The number of amides is 1. The summed E-state index contributed by atoms with van der Waals surface area (Å²) in [7, 11) is -4.41. The van der Waals surface area contributed by atoms with Crippen molar-refractivity contribution < 1.29 is 36.6 Å². The highest BCUT2D eigenvalue weighted by Crippen LogP contribution is 2.43. The van der Waals surface area contributed by atoms with Crippen LogP contribution in [0.5, 0.6) is 5.75 Å². The van der Waals surface area contributed by atoms with Crippen LogP contribution in [0.1, 0.15) is 64.7 Å². The highest BCUT2D eigenvalue weighted by atomic mass is 35.5. The number of carbonyl (C=O) groups is 2. The van der Waals surface area contributed by atoms with E-state index in [1.54, 1.807) is 29.3 Å². The molecule has 3 aromatic carbocycles. The lowest BCUT2D eigenvalue weighted by molar-refractivity contribution is -0.147.